The first-order valence-electron chi connectivity index (χ1n) is 6.76. The number of para-hydroxylation sites is 1. The molecule has 21 heavy (non-hydrogen) atoms. The summed E-state index contributed by atoms with van der Waals surface area (Å²) in [5.74, 6) is 2.31. The Morgan fingerprint density at radius 2 is 1.62 bits per heavy atom. The number of rotatable bonds is 5. The molecule has 1 heterocycles. The lowest BCUT2D eigenvalue weighted by molar-refractivity contribution is 0.482. The van der Waals surface area contributed by atoms with E-state index < -0.39 is 9.84 Å². The minimum atomic E-state index is -3.24. The molecule has 1 aliphatic rings. The molecule has 1 saturated heterocycles. The van der Waals surface area contributed by atoms with Gasteiger partial charge in [0.2, 0.25) is 0 Å². The van der Waals surface area contributed by atoms with Crippen LogP contribution >= 0.6 is 11.8 Å². The van der Waals surface area contributed by atoms with Crippen LogP contribution in [0.5, 0.6) is 11.5 Å². The van der Waals surface area contributed by atoms with E-state index in [1.807, 2.05) is 30.3 Å². The average Bonchev–Trinajstić information content (AvgIpc) is 3.33. The monoisotopic (exact) mass is 320 g/mol. The Bertz CT molecular complexity index is 705. The molecular weight excluding hydrogens is 304 g/mol. The van der Waals surface area contributed by atoms with Gasteiger partial charge >= 0.3 is 0 Å². The van der Waals surface area contributed by atoms with Gasteiger partial charge in [-0.2, -0.15) is 11.8 Å². The lowest BCUT2D eigenvalue weighted by Crippen LogP contribution is -2.22. The Morgan fingerprint density at radius 3 is 2.19 bits per heavy atom. The maximum atomic E-state index is 12.4. The van der Waals surface area contributed by atoms with Crippen LogP contribution in [0.15, 0.2) is 59.5 Å². The van der Waals surface area contributed by atoms with Crippen LogP contribution in [0, 0.1) is 0 Å². The van der Waals surface area contributed by atoms with Crippen LogP contribution in [-0.4, -0.2) is 24.7 Å². The highest BCUT2D eigenvalue weighted by Gasteiger charge is 2.38. The van der Waals surface area contributed by atoms with Crippen molar-refractivity contribution in [1.82, 2.24) is 0 Å². The summed E-state index contributed by atoms with van der Waals surface area (Å²) in [6.45, 7) is 1.79. The molecule has 2 aromatic rings. The van der Waals surface area contributed by atoms with Crippen LogP contribution in [0.2, 0.25) is 0 Å². The Hall–Kier alpha value is -1.46. The molecule has 5 heteroatoms. The van der Waals surface area contributed by atoms with Crippen LogP contribution in [0.3, 0.4) is 0 Å². The molecule has 2 aromatic carbocycles. The van der Waals surface area contributed by atoms with Gasteiger partial charge in [0.1, 0.15) is 11.5 Å². The second-order valence-electron chi connectivity index (χ2n) is 5.01. The van der Waals surface area contributed by atoms with Crippen molar-refractivity contribution in [3.63, 3.8) is 0 Å². The number of hydrogen-bond donors (Lipinski definition) is 0. The number of benzene rings is 2. The third-order valence-corrected chi connectivity index (χ3v) is 7.04. The van der Waals surface area contributed by atoms with Gasteiger partial charge in [-0.3, -0.25) is 0 Å². The molecule has 0 amide bonds. The zero-order valence-electron chi connectivity index (χ0n) is 11.6. The molecule has 0 bridgehead atoms. The van der Waals surface area contributed by atoms with Gasteiger partial charge in [-0.05, 0) is 43.3 Å². The van der Waals surface area contributed by atoms with Crippen LogP contribution < -0.4 is 4.74 Å². The molecule has 0 N–H and O–H groups in total. The van der Waals surface area contributed by atoms with Crippen molar-refractivity contribution in [3.8, 4) is 11.5 Å². The Labute approximate surface area is 129 Å². The molecule has 1 aliphatic heterocycles. The largest absolute Gasteiger partial charge is 0.457 e. The summed E-state index contributed by atoms with van der Waals surface area (Å²) in [4.78, 5) is 0.364. The molecule has 110 valence electrons. The fraction of sp³-hybridized carbons (Fsp3) is 0.250. The topological polar surface area (TPSA) is 43.4 Å². The van der Waals surface area contributed by atoms with E-state index in [4.69, 9.17) is 4.74 Å². The maximum absolute atomic E-state index is 12.4. The third-order valence-electron chi connectivity index (χ3n) is 3.50. The molecule has 0 radical (unpaired) electrons. The van der Waals surface area contributed by atoms with Gasteiger partial charge in [-0.1, -0.05) is 18.2 Å². The molecule has 2 atom stereocenters. The Kier molecular flexibility index (Phi) is 3.95. The Morgan fingerprint density at radius 1 is 1.05 bits per heavy atom. The fourth-order valence-electron chi connectivity index (χ4n) is 2.06. The van der Waals surface area contributed by atoms with Gasteiger partial charge in [-0.15, -0.1) is 0 Å². The van der Waals surface area contributed by atoms with Crippen LogP contribution in [-0.2, 0) is 9.84 Å². The van der Waals surface area contributed by atoms with E-state index in [1.165, 1.54) is 0 Å². The standard InChI is InChI=1S/C16H16O3S2/c1-12(16-11-20-16)21(17,18)15-9-7-14(8-10-15)19-13-5-3-2-4-6-13/h2-10,12,16H,11H2,1H3/t12-,16+/m0/s1. The molecule has 3 rings (SSSR count). The summed E-state index contributed by atoms with van der Waals surface area (Å²) < 4.78 is 30.5. The van der Waals surface area contributed by atoms with E-state index in [2.05, 4.69) is 0 Å². The van der Waals surface area contributed by atoms with E-state index in [9.17, 15) is 8.42 Å². The summed E-state index contributed by atoms with van der Waals surface area (Å²) in [7, 11) is -3.24. The van der Waals surface area contributed by atoms with Crippen molar-refractivity contribution in [2.24, 2.45) is 0 Å². The molecule has 0 saturated carbocycles. The van der Waals surface area contributed by atoms with Crippen molar-refractivity contribution in [3.05, 3.63) is 54.6 Å². The van der Waals surface area contributed by atoms with Gasteiger partial charge in [-0.25, -0.2) is 8.42 Å². The van der Waals surface area contributed by atoms with Gasteiger partial charge in [0, 0.05) is 11.0 Å². The van der Waals surface area contributed by atoms with Crippen molar-refractivity contribution in [2.45, 2.75) is 22.3 Å². The van der Waals surface area contributed by atoms with Crippen molar-refractivity contribution < 1.29 is 13.2 Å². The second-order valence-corrected chi connectivity index (χ2v) is 8.59. The normalized spacial score (nSPS) is 19.0. The van der Waals surface area contributed by atoms with Crippen LogP contribution in [0.25, 0.3) is 0 Å². The molecule has 0 spiro atoms. The van der Waals surface area contributed by atoms with Crippen LogP contribution in [0.1, 0.15) is 6.92 Å². The number of ether oxygens (including phenoxy) is 1. The third kappa shape index (κ3) is 3.24. The molecule has 0 aromatic heterocycles. The summed E-state index contributed by atoms with van der Waals surface area (Å²) in [5, 5.41) is -0.0846. The second kappa shape index (κ2) is 5.73. The van der Waals surface area contributed by atoms with Crippen LogP contribution in [0.4, 0.5) is 0 Å². The highest BCUT2D eigenvalue weighted by molar-refractivity contribution is 8.08. The van der Waals surface area contributed by atoms with E-state index in [-0.39, 0.29) is 10.5 Å². The zero-order chi connectivity index (χ0) is 14.9. The lowest BCUT2D eigenvalue weighted by Gasteiger charge is -2.12. The van der Waals surface area contributed by atoms with Gasteiger partial charge < -0.3 is 4.74 Å². The van der Waals surface area contributed by atoms with Crippen molar-refractivity contribution in [1.29, 1.82) is 0 Å². The molecule has 0 unspecified atom stereocenters. The maximum Gasteiger partial charge on any atom is 0.182 e. The highest BCUT2D eigenvalue weighted by Crippen LogP contribution is 2.38. The van der Waals surface area contributed by atoms with E-state index in [0.717, 1.165) is 11.5 Å². The van der Waals surface area contributed by atoms with E-state index >= 15 is 0 Å². The van der Waals surface area contributed by atoms with E-state index in [0.29, 0.717) is 10.6 Å². The average molecular weight is 320 g/mol. The minimum absolute atomic E-state index is 0.246. The number of sulfone groups is 1. The molecule has 0 aliphatic carbocycles. The zero-order valence-corrected chi connectivity index (χ0v) is 13.2. The van der Waals surface area contributed by atoms with Gasteiger partial charge in [0.15, 0.2) is 9.84 Å². The summed E-state index contributed by atoms with van der Waals surface area (Å²) in [6, 6.07) is 16.1. The molecule has 3 nitrogen and oxygen atoms in total. The highest BCUT2D eigenvalue weighted by atomic mass is 32.2. The smallest absolute Gasteiger partial charge is 0.182 e. The predicted molar refractivity (Wildman–Crippen MR) is 85.9 cm³/mol. The van der Waals surface area contributed by atoms with Crippen molar-refractivity contribution >= 4 is 21.6 Å². The fourth-order valence-corrected chi connectivity index (χ4v) is 4.97. The first-order chi connectivity index (χ1) is 10.1. The first-order valence-corrected chi connectivity index (χ1v) is 9.35. The van der Waals surface area contributed by atoms with Gasteiger partial charge in [0.25, 0.3) is 0 Å². The number of hydrogen-bond acceptors (Lipinski definition) is 4. The molecular formula is C16H16O3S2. The van der Waals surface area contributed by atoms with E-state index in [1.54, 1.807) is 43.0 Å². The minimum Gasteiger partial charge on any atom is -0.457 e. The molecule has 1 fully saturated rings. The summed E-state index contributed by atoms with van der Waals surface area (Å²) >= 11 is 1.70. The summed E-state index contributed by atoms with van der Waals surface area (Å²) in [6.07, 6.45) is 0. The quantitative estimate of drug-likeness (QED) is 0.787. The first kappa shape index (κ1) is 14.5. The predicted octanol–water partition coefficient (Wildman–Crippen LogP) is 3.76. The summed E-state index contributed by atoms with van der Waals surface area (Å²) in [5.41, 5.74) is 0. The lowest BCUT2D eigenvalue weighted by atomic mass is 10.3. The van der Waals surface area contributed by atoms with Crippen molar-refractivity contribution in [2.75, 3.05) is 5.75 Å². The number of thioether (sulfide) groups is 1. The SMILES string of the molecule is C[C@@H]([C@H]1CS1)S(=O)(=O)c1ccc(Oc2ccccc2)cc1. The van der Waals surface area contributed by atoms with Gasteiger partial charge in [0.05, 0.1) is 10.1 Å². The Balaban J connectivity index is 1.77.